The first-order valence-corrected chi connectivity index (χ1v) is 9.73. The van der Waals surface area contributed by atoms with Crippen molar-refractivity contribution in [3.63, 3.8) is 0 Å². The molecule has 0 atom stereocenters. The van der Waals surface area contributed by atoms with Gasteiger partial charge in [0.25, 0.3) is 5.91 Å². The number of amides is 1. The zero-order valence-electron chi connectivity index (χ0n) is 16.2. The summed E-state index contributed by atoms with van der Waals surface area (Å²) in [5, 5.41) is 14.1. The summed E-state index contributed by atoms with van der Waals surface area (Å²) in [7, 11) is 1.64. The average molecular weight is 406 g/mol. The van der Waals surface area contributed by atoms with Gasteiger partial charge in [-0.1, -0.05) is 20.8 Å². The molecule has 3 rings (SSSR count). The van der Waals surface area contributed by atoms with E-state index in [9.17, 15) is 19.1 Å². The van der Waals surface area contributed by atoms with Gasteiger partial charge in [0.2, 0.25) is 0 Å². The Labute approximate surface area is 166 Å². The molecule has 2 heterocycles. The van der Waals surface area contributed by atoms with Crippen molar-refractivity contribution in [2.75, 3.05) is 30.4 Å². The Kier molecular flexibility index (Phi) is 5.45. The highest BCUT2D eigenvalue weighted by atomic mass is 32.1. The fraction of sp³-hybridized carbons (Fsp3) is 0.400. The Morgan fingerprint density at radius 3 is 2.54 bits per heavy atom. The Morgan fingerprint density at radius 1 is 1.32 bits per heavy atom. The van der Waals surface area contributed by atoms with Crippen LogP contribution in [0.15, 0.2) is 23.6 Å². The van der Waals surface area contributed by atoms with Gasteiger partial charge < -0.3 is 20.1 Å². The first kappa shape index (κ1) is 20.3. The minimum Gasteiger partial charge on any atom is -0.478 e. The number of nitrogens with zero attached hydrogens (tertiary/aromatic N) is 1. The Bertz CT molecular complexity index is 913. The molecule has 1 aliphatic rings. The van der Waals surface area contributed by atoms with Crippen molar-refractivity contribution in [3.05, 3.63) is 46.1 Å². The van der Waals surface area contributed by atoms with Gasteiger partial charge in [0.05, 0.1) is 17.2 Å². The maximum Gasteiger partial charge on any atom is 0.339 e. The van der Waals surface area contributed by atoms with Gasteiger partial charge in [-0.15, -0.1) is 11.3 Å². The zero-order chi connectivity index (χ0) is 20.6. The number of aromatic carboxylic acids is 1. The third-order valence-corrected chi connectivity index (χ3v) is 5.68. The average Bonchev–Trinajstić information content (AvgIpc) is 2.98. The van der Waals surface area contributed by atoms with Crippen LogP contribution in [0.5, 0.6) is 0 Å². The lowest BCUT2D eigenvalue weighted by Gasteiger charge is -2.40. The van der Waals surface area contributed by atoms with E-state index in [0.717, 1.165) is 11.3 Å². The van der Waals surface area contributed by atoms with Crippen molar-refractivity contribution in [1.29, 1.82) is 0 Å². The summed E-state index contributed by atoms with van der Waals surface area (Å²) >= 11 is 1.13. The molecule has 0 spiro atoms. The number of carbonyl (C=O) groups excluding carboxylic acids is 1. The predicted octanol–water partition coefficient (Wildman–Crippen LogP) is 3.97. The van der Waals surface area contributed by atoms with E-state index in [1.165, 1.54) is 12.1 Å². The number of thiophene rings is 1. The smallest absolute Gasteiger partial charge is 0.339 e. The summed E-state index contributed by atoms with van der Waals surface area (Å²) in [5.74, 6) is -2.45. The molecule has 0 bridgehead atoms. The second-order valence-electron chi connectivity index (χ2n) is 7.79. The number of hydrogen-bond donors (Lipinski definition) is 2. The van der Waals surface area contributed by atoms with E-state index in [-0.39, 0.29) is 22.2 Å². The summed E-state index contributed by atoms with van der Waals surface area (Å²) in [6.45, 7) is 7.04. The number of rotatable bonds is 5. The van der Waals surface area contributed by atoms with Crippen molar-refractivity contribution in [2.24, 2.45) is 0 Å². The van der Waals surface area contributed by atoms with Crippen molar-refractivity contribution in [2.45, 2.75) is 32.3 Å². The molecule has 1 aromatic heterocycles. The number of halogens is 1. The highest BCUT2D eigenvalue weighted by Crippen LogP contribution is 2.36. The SMILES string of the molecule is COC1CN(c2ccc(C(=O)Nc3scc(C(C)(C)C)c3C(=O)O)c(F)c2)C1. The minimum absolute atomic E-state index is 0.0501. The zero-order valence-corrected chi connectivity index (χ0v) is 17.0. The molecule has 28 heavy (non-hydrogen) atoms. The van der Waals surface area contributed by atoms with Crippen LogP contribution in [-0.4, -0.2) is 43.3 Å². The molecule has 2 N–H and O–H groups in total. The van der Waals surface area contributed by atoms with E-state index in [2.05, 4.69) is 5.32 Å². The molecular formula is C20H23FN2O4S. The van der Waals surface area contributed by atoms with Crippen molar-refractivity contribution < 1.29 is 23.8 Å². The monoisotopic (exact) mass is 406 g/mol. The molecule has 0 unspecified atom stereocenters. The van der Waals surface area contributed by atoms with Crippen LogP contribution in [0, 0.1) is 5.82 Å². The van der Waals surface area contributed by atoms with Crippen molar-refractivity contribution >= 4 is 33.9 Å². The van der Waals surface area contributed by atoms with Gasteiger partial charge in [0.1, 0.15) is 10.8 Å². The quantitative estimate of drug-likeness (QED) is 0.786. The first-order valence-electron chi connectivity index (χ1n) is 8.85. The van der Waals surface area contributed by atoms with Crippen LogP contribution < -0.4 is 10.2 Å². The largest absolute Gasteiger partial charge is 0.478 e. The highest BCUT2D eigenvalue weighted by molar-refractivity contribution is 7.15. The van der Waals surface area contributed by atoms with E-state index in [1.54, 1.807) is 18.6 Å². The van der Waals surface area contributed by atoms with Crippen LogP contribution >= 0.6 is 11.3 Å². The number of methoxy groups -OCH3 is 1. The number of carbonyl (C=O) groups is 2. The lowest BCUT2D eigenvalue weighted by molar-refractivity contribution is 0.0696. The van der Waals surface area contributed by atoms with Crippen LogP contribution in [0.25, 0.3) is 0 Å². The fourth-order valence-corrected chi connectivity index (χ4v) is 4.24. The molecule has 1 amide bonds. The Morgan fingerprint density at radius 2 is 2.00 bits per heavy atom. The van der Waals surface area contributed by atoms with Crippen LogP contribution in [0.1, 0.15) is 47.1 Å². The van der Waals surface area contributed by atoms with Crippen LogP contribution in [-0.2, 0) is 10.2 Å². The molecule has 1 aromatic carbocycles. The number of nitrogens with one attached hydrogen (secondary N) is 1. The van der Waals surface area contributed by atoms with Crippen LogP contribution in [0.2, 0.25) is 0 Å². The number of benzene rings is 1. The molecule has 6 nitrogen and oxygen atoms in total. The molecule has 1 aliphatic heterocycles. The van der Waals surface area contributed by atoms with E-state index >= 15 is 0 Å². The molecular weight excluding hydrogens is 383 g/mol. The lowest BCUT2D eigenvalue weighted by Crippen LogP contribution is -2.51. The molecule has 2 aromatic rings. The van der Waals surface area contributed by atoms with Crippen molar-refractivity contribution in [1.82, 2.24) is 0 Å². The van der Waals surface area contributed by atoms with Gasteiger partial charge in [-0.25, -0.2) is 9.18 Å². The number of hydrogen-bond acceptors (Lipinski definition) is 5. The second-order valence-corrected chi connectivity index (χ2v) is 8.67. The van der Waals surface area contributed by atoms with Gasteiger partial charge in [-0.3, -0.25) is 4.79 Å². The Balaban J connectivity index is 1.80. The van der Waals surface area contributed by atoms with Crippen molar-refractivity contribution in [3.8, 4) is 0 Å². The predicted molar refractivity (Wildman–Crippen MR) is 107 cm³/mol. The summed E-state index contributed by atoms with van der Waals surface area (Å²) < 4.78 is 19.7. The van der Waals surface area contributed by atoms with E-state index in [0.29, 0.717) is 24.3 Å². The number of carboxylic acid groups (broad SMARTS) is 1. The van der Waals surface area contributed by atoms with E-state index < -0.39 is 23.1 Å². The topological polar surface area (TPSA) is 78.9 Å². The Hall–Kier alpha value is -2.45. The maximum absolute atomic E-state index is 14.5. The third-order valence-electron chi connectivity index (χ3n) is 4.78. The molecule has 0 aliphatic carbocycles. The lowest BCUT2D eigenvalue weighted by atomic mass is 9.86. The van der Waals surface area contributed by atoms with Gasteiger partial charge in [-0.2, -0.15) is 0 Å². The van der Waals surface area contributed by atoms with Gasteiger partial charge >= 0.3 is 5.97 Å². The minimum atomic E-state index is -1.12. The standard InChI is InChI=1S/C20H23FN2O4S/c1-20(2,3)14-10-28-18(16(14)19(25)26)22-17(24)13-6-5-11(7-15(13)21)23-8-12(9-23)27-4/h5-7,10,12H,8-9H2,1-4H3,(H,22,24)(H,25,26). The second kappa shape index (κ2) is 7.52. The van der Waals surface area contributed by atoms with Gasteiger partial charge in [-0.05, 0) is 34.6 Å². The van der Waals surface area contributed by atoms with Gasteiger partial charge in [0.15, 0.2) is 0 Å². The summed E-state index contributed by atoms with van der Waals surface area (Å²) in [6, 6.07) is 4.41. The molecule has 1 saturated heterocycles. The summed E-state index contributed by atoms with van der Waals surface area (Å²) in [6.07, 6.45) is 0.135. The summed E-state index contributed by atoms with van der Waals surface area (Å²) in [4.78, 5) is 26.2. The van der Waals surface area contributed by atoms with Crippen LogP contribution in [0.4, 0.5) is 15.1 Å². The number of anilines is 2. The molecule has 1 fully saturated rings. The number of ether oxygens (including phenoxy) is 1. The van der Waals surface area contributed by atoms with Crippen LogP contribution in [0.3, 0.4) is 0 Å². The first-order chi connectivity index (χ1) is 13.1. The van der Waals surface area contributed by atoms with E-state index in [1.807, 2.05) is 25.7 Å². The molecule has 0 radical (unpaired) electrons. The summed E-state index contributed by atoms with van der Waals surface area (Å²) in [5.41, 5.74) is 0.835. The molecule has 8 heteroatoms. The maximum atomic E-state index is 14.5. The number of carboxylic acids is 1. The fourth-order valence-electron chi connectivity index (χ4n) is 3.07. The molecule has 0 saturated carbocycles. The van der Waals surface area contributed by atoms with Gasteiger partial charge in [0, 0.05) is 25.9 Å². The normalized spacial score (nSPS) is 14.7. The third kappa shape index (κ3) is 3.88. The van der Waals surface area contributed by atoms with E-state index in [4.69, 9.17) is 4.74 Å². The molecule has 150 valence electrons. The highest BCUT2D eigenvalue weighted by Gasteiger charge is 2.29.